The molecule has 1 heterocycles. The van der Waals surface area contributed by atoms with Crippen molar-refractivity contribution in [3.8, 4) is 0 Å². The van der Waals surface area contributed by atoms with Gasteiger partial charge in [0, 0.05) is 25.7 Å². The fourth-order valence-corrected chi connectivity index (χ4v) is 2.64. The Labute approximate surface area is 123 Å². The Morgan fingerprint density at radius 3 is 2.60 bits per heavy atom. The van der Waals surface area contributed by atoms with Crippen LogP contribution in [0.25, 0.3) is 0 Å². The molecule has 5 heteroatoms. The number of hydrogen-bond acceptors (Lipinski definition) is 3. The van der Waals surface area contributed by atoms with Crippen molar-refractivity contribution in [2.75, 3.05) is 40.3 Å². The van der Waals surface area contributed by atoms with Gasteiger partial charge in [-0.3, -0.25) is 0 Å². The molecule has 1 saturated heterocycles. The molecular formula is C15H31N3O2. The third kappa shape index (κ3) is 6.57. The summed E-state index contributed by atoms with van der Waals surface area (Å²) in [6, 6.07) is 0.197. The van der Waals surface area contributed by atoms with Gasteiger partial charge in [0.2, 0.25) is 0 Å². The minimum absolute atomic E-state index is 0.0569. The number of hydrogen-bond donors (Lipinski definition) is 2. The molecule has 2 amide bonds. The first kappa shape index (κ1) is 17.2. The summed E-state index contributed by atoms with van der Waals surface area (Å²) in [5.41, 5.74) is 0. The normalized spacial score (nSPS) is 18.4. The highest BCUT2D eigenvalue weighted by Crippen LogP contribution is 2.20. The van der Waals surface area contributed by atoms with E-state index in [0.717, 1.165) is 51.2 Å². The molecule has 1 aliphatic heterocycles. The van der Waals surface area contributed by atoms with E-state index in [2.05, 4.69) is 24.3 Å². The quantitative estimate of drug-likeness (QED) is 0.746. The number of piperidine rings is 1. The van der Waals surface area contributed by atoms with E-state index in [9.17, 15) is 4.79 Å². The van der Waals surface area contributed by atoms with E-state index in [-0.39, 0.29) is 18.7 Å². The van der Waals surface area contributed by atoms with Crippen LogP contribution in [0, 0.1) is 5.92 Å². The average Bonchev–Trinajstić information content (AvgIpc) is 2.43. The summed E-state index contributed by atoms with van der Waals surface area (Å²) in [5.74, 6) is 0.758. The number of nitrogens with one attached hydrogen (secondary N) is 1. The van der Waals surface area contributed by atoms with Crippen molar-refractivity contribution in [3.63, 3.8) is 0 Å². The Morgan fingerprint density at radius 1 is 1.40 bits per heavy atom. The Bertz CT molecular complexity index is 276. The molecule has 0 spiro atoms. The van der Waals surface area contributed by atoms with Crippen LogP contribution in [0.2, 0.25) is 0 Å². The maximum atomic E-state index is 12.1. The van der Waals surface area contributed by atoms with E-state index in [1.54, 1.807) is 0 Å². The molecule has 1 fully saturated rings. The summed E-state index contributed by atoms with van der Waals surface area (Å²) in [4.78, 5) is 16.2. The van der Waals surface area contributed by atoms with Crippen molar-refractivity contribution in [1.29, 1.82) is 0 Å². The number of carbonyl (C=O) groups excluding carboxylic acids is 1. The lowest BCUT2D eigenvalue weighted by molar-refractivity contribution is 0.161. The number of carbonyl (C=O) groups is 1. The smallest absolute Gasteiger partial charge is 0.317 e. The zero-order chi connectivity index (χ0) is 15.0. The van der Waals surface area contributed by atoms with Crippen LogP contribution in [0.15, 0.2) is 0 Å². The van der Waals surface area contributed by atoms with Gasteiger partial charge in [-0.15, -0.1) is 0 Å². The standard InChI is InChI=1S/C15H31N3O2/c1-13(5-4-12-19)16-15(20)18-10-7-14(8-11-18)6-9-17(2)3/h13-14,19H,4-12H2,1-3H3,(H,16,20). The molecule has 0 aromatic rings. The Kier molecular flexibility index (Phi) is 7.92. The highest BCUT2D eigenvalue weighted by Gasteiger charge is 2.23. The molecule has 0 aromatic heterocycles. The predicted octanol–water partition coefficient (Wildman–Crippen LogP) is 1.52. The number of nitrogens with zero attached hydrogens (tertiary/aromatic N) is 2. The number of rotatable bonds is 7. The molecule has 0 saturated carbocycles. The SMILES string of the molecule is CC(CCCO)NC(=O)N1CCC(CCN(C)C)CC1. The summed E-state index contributed by atoms with van der Waals surface area (Å²) >= 11 is 0. The van der Waals surface area contributed by atoms with Crippen LogP contribution >= 0.6 is 0 Å². The van der Waals surface area contributed by atoms with Crippen LogP contribution in [0.1, 0.15) is 39.0 Å². The van der Waals surface area contributed by atoms with Crippen LogP contribution in [0.5, 0.6) is 0 Å². The zero-order valence-electron chi connectivity index (χ0n) is 13.3. The van der Waals surface area contributed by atoms with Crippen LogP contribution in [0.4, 0.5) is 4.79 Å². The van der Waals surface area contributed by atoms with Crippen molar-refractivity contribution >= 4 is 6.03 Å². The topological polar surface area (TPSA) is 55.8 Å². The number of amides is 2. The second-order valence-corrected chi connectivity index (χ2v) is 6.24. The monoisotopic (exact) mass is 285 g/mol. The van der Waals surface area contributed by atoms with E-state index in [4.69, 9.17) is 5.11 Å². The van der Waals surface area contributed by atoms with Crippen molar-refractivity contribution in [2.45, 2.75) is 45.1 Å². The average molecular weight is 285 g/mol. The second kappa shape index (κ2) is 9.19. The van der Waals surface area contributed by atoms with Gasteiger partial charge in [-0.1, -0.05) is 0 Å². The minimum atomic E-state index is 0.0569. The molecule has 0 aliphatic carbocycles. The van der Waals surface area contributed by atoms with E-state index in [0.29, 0.717) is 0 Å². The van der Waals surface area contributed by atoms with Gasteiger partial charge in [-0.2, -0.15) is 0 Å². The lowest BCUT2D eigenvalue weighted by Gasteiger charge is -2.33. The maximum Gasteiger partial charge on any atom is 0.317 e. The third-order valence-electron chi connectivity index (χ3n) is 4.05. The van der Waals surface area contributed by atoms with Gasteiger partial charge in [-0.05, 0) is 65.6 Å². The summed E-state index contributed by atoms with van der Waals surface area (Å²) in [6.07, 6.45) is 5.05. The number of aliphatic hydroxyl groups excluding tert-OH is 1. The fraction of sp³-hybridized carbons (Fsp3) is 0.933. The first-order valence-corrected chi connectivity index (χ1v) is 7.84. The van der Waals surface area contributed by atoms with Crippen molar-refractivity contribution < 1.29 is 9.90 Å². The number of aliphatic hydroxyl groups is 1. The highest BCUT2D eigenvalue weighted by atomic mass is 16.3. The molecule has 20 heavy (non-hydrogen) atoms. The van der Waals surface area contributed by atoms with Crippen LogP contribution < -0.4 is 5.32 Å². The van der Waals surface area contributed by atoms with Gasteiger partial charge < -0.3 is 20.2 Å². The first-order chi connectivity index (χ1) is 9.52. The minimum Gasteiger partial charge on any atom is -0.396 e. The van der Waals surface area contributed by atoms with Crippen molar-refractivity contribution in [2.24, 2.45) is 5.92 Å². The van der Waals surface area contributed by atoms with E-state index < -0.39 is 0 Å². The molecular weight excluding hydrogens is 254 g/mol. The van der Waals surface area contributed by atoms with Crippen LogP contribution in [-0.4, -0.2) is 67.3 Å². The lowest BCUT2D eigenvalue weighted by atomic mass is 9.93. The largest absolute Gasteiger partial charge is 0.396 e. The van der Waals surface area contributed by atoms with Gasteiger partial charge in [0.15, 0.2) is 0 Å². The second-order valence-electron chi connectivity index (χ2n) is 6.24. The molecule has 1 rings (SSSR count). The Hall–Kier alpha value is -0.810. The molecule has 0 radical (unpaired) electrons. The Morgan fingerprint density at radius 2 is 2.05 bits per heavy atom. The van der Waals surface area contributed by atoms with E-state index >= 15 is 0 Å². The molecule has 2 N–H and O–H groups in total. The molecule has 0 bridgehead atoms. The molecule has 1 unspecified atom stereocenters. The van der Waals surface area contributed by atoms with Gasteiger partial charge in [-0.25, -0.2) is 4.79 Å². The first-order valence-electron chi connectivity index (χ1n) is 7.84. The van der Waals surface area contributed by atoms with Gasteiger partial charge in [0.1, 0.15) is 0 Å². The summed E-state index contributed by atoms with van der Waals surface area (Å²) in [7, 11) is 4.21. The maximum absolute atomic E-state index is 12.1. The lowest BCUT2D eigenvalue weighted by Crippen LogP contribution is -2.47. The summed E-state index contributed by atoms with van der Waals surface area (Å²) in [6.45, 7) is 5.07. The summed E-state index contributed by atoms with van der Waals surface area (Å²) in [5, 5.41) is 11.8. The predicted molar refractivity (Wildman–Crippen MR) is 81.8 cm³/mol. The van der Waals surface area contributed by atoms with E-state index in [1.807, 2.05) is 11.8 Å². The van der Waals surface area contributed by atoms with Gasteiger partial charge in [0.25, 0.3) is 0 Å². The van der Waals surface area contributed by atoms with Crippen molar-refractivity contribution in [3.05, 3.63) is 0 Å². The third-order valence-corrected chi connectivity index (χ3v) is 4.05. The van der Waals surface area contributed by atoms with Gasteiger partial charge in [0.05, 0.1) is 0 Å². The fourth-order valence-electron chi connectivity index (χ4n) is 2.64. The molecule has 118 valence electrons. The van der Waals surface area contributed by atoms with Crippen LogP contribution in [0.3, 0.4) is 0 Å². The Balaban J connectivity index is 2.21. The number of urea groups is 1. The molecule has 1 atom stereocenters. The molecule has 1 aliphatic rings. The van der Waals surface area contributed by atoms with E-state index in [1.165, 1.54) is 6.42 Å². The highest BCUT2D eigenvalue weighted by molar-refractivity contribution is 5.74. The van der Waals surface area contributed by atoms with Gasteiger partial charge >= 0.3 is 6.03 Å². The molecule has 5 nitrogen and oxygen atoms in total. The summed E-state index contributed by atoms with van der Waals surface area (Å²) < 4.78 is 0. The zero-order valence-corrected chi connectivity index (χ0v) is 13.3. The molecule has 0 aromatic carbocycles. The van der Waals surface area contributed by atoms with Crippen LogP contribution in [-0.2, 0) is 0 Å². The number of likely N-dealkylation sites (tertiary alicyclic amines) is 1. The van der Waals surface area contributed by atoms with Crippen molar-refractivity contribution in [1.82, 2.24) is 15.1 Å².